The van der Waals surface area contributed by atoms with Crippen LogP contribution in [-0.4, -0.2) is 34.1 Å². The minimum absolute atomic E-state index is 0.0173. The molecule has 30 heavy (non-hydrogen) atoms. The van der Waals surface area contributed by atoms with Crippen molar-refractivity contribution in [3.8, 4) is 11.5 Å². The lowest BCUT2D eigenvalue weighted by atomic mass is 9.79. The van der Waals surface area contributed by atoms with Gasteiger partial charge in [0.2, 0.25) is 10.0 Å². The summed E-state index contributed by atoms with van der Waals surface area (Å²) in [5.74, 6) is 1.32. The lowest BCUT2D eigenvalue weighted by Gasteiger charge is -2.33. The average molecular weight is 433 g/mol. The highest BCUT2D eigenvalue weighted by Gasteiger charge is 2.29. The zero-order valence-electron chi connectivity index (χ0n) is 17.3. The monoisotopic (exact) mass is 432 g/mol. The van der Waals surface area contributed by atoms with E-state index in [0.717, 1.165) is 31.2 Å². The number of sulfonamides is 1. The molecule has 0 spiro atoms. The molecule has 2 aromatic rings. The van der Waals surface area contributed by atoms with Gasteiger partial charge in [0, 0.05) is 17.5 Å². The normalized spacial score (nSPS) is 19.2. The van der Waals surface area contributed by atoms with Crippen LogP contribution >= 0.6 is 0 Å². The minimum Gasteiger partial charge on any atom is -0.493 e. The molecule has 1 saturated carbocycles. The van der Waals surface area contributed by atoms with Gasteiger partial charge in [0.25, 0.3) is 5.91 Å². The van der Waals surface area contributed by atoms with E-state index in [1.165, 1.54) is 24.3 Å². The summed E-state index contributed by atoms with van der Waals surface area (Å²) in [5, 5.41) is 8.25. The number of carbonyl (C=O) groups excluding carboxylic acids is 1. The number of ether oxygens (including phenoxy) is 2. The van der Waals surface area contributed by atoms with E-state index < -0.39 is 10.0 Å². The maximum atomic E-state index is 12.8. The Hall–Kier alpha value is -2.58. The van der Waals surface area contributed by atoms with Crippen molar-refractivity contribution in [2.24, 2.45) is 5.14 Å². The Morgan fingerprint density at radius 3 is 2.43 bits per heavy atom. The van der Waals surface area contributed by atoms with Crippen molar-refractivity contribution < 1.29 is 22.7 Å². The van der Waals surface area contributed by atoms with Gasteiger partial charge >= 0.3 is 0 Å². The number of hydrogen-bond acceptors (Lipinski definition) is 5. The molecular formula is C22H28N2O5S. The Morgan fingerprint density at radius 2 is 1.80 bits per heavy atom. The molecule has 162 valence electrons. The fraction of sp³-hybridized carbons (Fsp3) is 0.409. The molecule has 0 radical (unpaired) electrons. The number of amides is 1. The van der Waals surface area contributed by atoms with Crippen LogP contribution in [0.25, 0.3) is 0 Å². The number of benzene rings is 2. The SMILES string of the molecule is CCOc1cc([C@H]2CCCC[C@H]2NC(=O)c2ccc(S(N)(=O)=O)cc2)ccc1OC. The van der Waals surface area contributed by atoms with E-state index >= 15 is 0 Å². The summed E-state index contributed by atoms with van der Waals surface area (Å²) >= 11 is 0. The molecule has 1 fully saturated rings. The van der Waals surface area contributed by atoms with Crippen LogP contribution in [0.3, 0.4) is 0 Å². The molecule has 2 atom stereocenters. The fourth-order valence-electron chi connectivity index (χ4n) is 3.94. The highest BCUT2D eigenvalue weighted by Crippen LogP contribution is 2.37. The molecule has 0 saturated heterocycles. The van der Waals surface area contributed by atoms with E-state index in [4.69, 9.17) is 14.6 Å². The van der Waals surface area contributed by atoms with E-state index in [2.05, 4.69) is 5.32 Å². The van der Waals surface area contributed by atoms with Crippen molar-refractivity contribution in [1.82, 2.24) is 5.32 Å². The Kier molecular flexibility index (Phi) is 6.99. The second-order valence-electron chi connectivity index (χ2n) is 7.38. The van der Waals surface area contributed by atoms with E-state index in [0.29, 0.717) is 23.7 Å². The molecule has 1 aliphatic carbocycles. The lowest BCUT2D eigenvalue weighted by Crippen LogP contribution is -2.41. The predicted octanol–water partition coefficient (Wildman–Crippen LogP) is 3.20. The summed E-state index contributed by atoms with van der Waals surface area (Å²) in [6.07, 6.45) is 3.98. The molecule has 0 bridgehead atoms. The summed E-state index contributed by atoms with van der Waals surface area (Å²) in [5.41, 5.74) is 1.50. The van der Waals surface area contributed by atoms with Crippen LogP contribution in [0.5, 0.6) is 11.5 Å². The molecule has 0 aliphatic heterocycles. The highest BCUT2D eigenvalue weighted by atomic mass is 32.2. The summed E-state index contributed by atoms with van der Waals surface area (Å²) in [6.45, 7) is 2.47. The number of nitrogens with two attached hydrogens (primary N) is 1. The first-order chi connectivity index (χ1) is 14.3. The number of methoxy groups -OCH3 is 1. The molecular weight excluding hydrogens is 404 g/mol. The minimum atomic E-state index is -3.79. The molecule has 3 rings (SSSR count). The van der Waals surface area contributed by atoms with Gasteiger partial charge in [-0.1, -0.05) is 18.9 Å². The Balaban J connectivity index is 1.79. The Labute approximate surface area is 177 Å². The van der Waals surface area contributed by atoms with Crippen molar-refractivity contribution in [1.29, 1.82) is 0 Å². The molecule has 7 nitrogen and oxygen atoms in total. The predicted molar refractivity (Wildman–Crippen MR) is 114 cm³/mol. The van der Waals surface area contributed by atoms with Crippen LogP contribution in [0.2, 0.25) is 0 Å². The lowest BCUT2D eigenvalue weighted by molar-refractivity contribution is 0.0920. The number of hydrogen-bond donors (Lipinski definition) is 2. The molecule has 1 aliphatic rings. The number of primary sulfonamides is 1. The van der Waals surface area contributed by atoms with Crippen LogP contribution in [0.15, 0.2) is 47.4 Å². The van der Waals surface area contributed by atoms with Crippen molar-refractivity contribution in [3.63, 3.8) is 0 Å². The van der Waals surface area contributed by atoms with Crippen LogP contribution in [0.4, 0.5) is 0 Å². The van der Waals surface area contributed by atoms with E-state index in [1.54, 1.807) is 7.11 Å². The zero-order chi connectivity index (χ0) is 21.7. The van der Waals surface area contributed by atoms with Crippen molar-refractivity contribution in [2.75, 3.05) is 13.7 Å². The molecule has 1 amide bonds. The second-order valence-corrected chi connectivity index (χ2v) is 8.95. The number of nitrogens with one attached hydrogen (secondary N) is 1. The quantitative estimate of drug-likeness (QED) is 0.699. The summed E-state index contributed by atoms with van der Waals surface area (Å²) in [7, 11) is -2.17. The van der Waals surface area contributed by atoms with Gasteiger partial charge in [0.1, 0.15) is 0 Å². The Bertz CT molecular complexity index is 989. The van der Waals surface area contributed by atoms with Crippen LogP contribution in [0.1, 0.15) is 54.4 Å². The second kappa shape index (κ2) is 9.49. The van der Waals surface area contributed by atoms with Gasteiger partial charge in [-0.3, -0.25) is 4.79 Å². The molecule has 0 aromatic heterocycles. The molecule has 2 aromatic carbocycles. The molecule has 3 N–H and O–H groups in total. The maximum absolute atomic E-state index is 12.8. The topological polar surface area (TPSA) is 108 Å². The fourth-order valence-corrected chi connectivity index (χ4v) is 4.46. The van der Waals surface area contributed by atoms with Gasteiger partial charge in [0.05, 0.1) is 18.6 Å². The van der Waals surface area contributed by atoms with Gasteiger partial charge in [-0.25, -0.2) is 13.6 Å². The van der Waals surface area contributed by atoms with Crippen molar-refractivity contribution >= 4 is 15.9 Å². The summed E-state index contributed by atoms with van der Waals surface area (Å²) in [6, 6.07) is 11.6. The highest BCUT2D eigenvalue weighted by molar-refractivity contribution is 7.89. The standard InChI is InChI=1S/C22H28N2O5S/c1-3-29-21-14-16(10-13-20(21)28-2)18-6-4-5-7-19(18)24-22(25)15-8-11-17(12-9-15)30(23,26)27/h8-14,18-19H,3-7H2,1-2H3,(H,24,25)(H2,23,26,27)/t18-,19-/m1/s1. The van der Waals surface area contributed by atoms with Gasteiger partial charge in [-0.2, -0.15) is 0 Å². The van der Waals surface area contributed by atoms with Gasteiger partial charge < -0.3 is 14.8 Å². The third kappa shape index (κ3) is 5.12. The average Bonchev–Trinajstić information content (AvgIpc) is 2.74. The molecule has 8 heteroatoms. The van der Waals surface area contributed by atoms with Crippen LogP contribution < -0.4 is 19.9 Å². The Morgan fingerprint density at radius 1 is 1.10 bits per heavy atom. The molecule has 0 heterocycles. The van der Waals surface area contributed by atoms with Crippen LogP contribution in [-0.2, 0) is 10.0 Å². The number of carbonyl (C=O) groups is 1. The van der Waals surface area contributed by atoms with E-state index in [-0.39, 0.29) is 22.8 Å². The summed E-state index contributed by atoms with van der Waals surface area (Å²) < 4.78 is 33.9. The van der Waals surface area contributed by atoms with E-state index in [9.17, 15) is 13.2 Å². The van der Waals surface area contributed by atoms with E-state index in [1.807, 2.05) is 25.1 Å². The van der Waals surface area contributed by atoms with Crippen LogP contribution in [0, 0.1) is 0 Å². The molecule has 0 unspecified atom stereocenters. The first-order valence-electron chi connectivity index (χ1n) is 10.1. The number of rotatable bonds is 7. The largest absolute Gasteiger partial charge is 0.493 e. The summed E-state index contributed by atoms with van der Waals surface area (Å²) in [4.78, 5) is 12.8. The first-order valence-corrected chi connectivity index (χ1v) is 11.6. The smallest absolute Gasteiger partial charge is 0.251 e. The van der Waals surface area contributed by atoms with Gasteiger partial charge in [-0.15, -0.1) is 0 Å². The zero-order valence-corrected chi connectivity index (χ0v) is 18.1. The van der Waals surface area contributed by atoms with Gasteiger partial charge in [-0.05, 0) is 61.7 Å². The van der Waals surface area contributed by atoms with Crippen molar-refractivity contribution in [3.05, 3.63) is 53.6 Å². The van der Waals surface area contributed by atoms with Crippen molar-refractivity contribution in [2.45, 2.75) is 49.5 Å². The maximum Gasteiger partial charge on any atom is 0.251 e. The van der Waals surface area contributed by atoms with Gasteiger partial charge in [0.15, 0.2) is 11.5 Å². The third-order valence-electron chi connectivity index (χ3n) is 5.44. The first kappa shape index (κ1) is 22.1. The third-order valence-corrected chi connectivity index (χ3v) is 6.37.